The lowest BCUT2D eigenvalue weighted by Crippen LogP contribution is -2.41. The van der Waals surface area contributed by atoms with Crippen LogP contribution >= 0.6 is 0 Å². The summed E-state index contributed by atoms with van der Waals surface area (Å²) in [6.07, 6.45) is 4.06. The Bertz CT molecular complexity index is 198. The van der Waals surface area contributed by atoms with E-state index in [2.05, 4.69) is 9.89 Å². The topological polar surface area (TPSA) is 50.9 Å². The van der Waals surface area contributed by atoms with Gasteiger partial charge in [-0.25, -0.2) is 0 Å². The van der Waals surface area contributed by atoms with Crippen LogP contribution in [0.3, 0.4) is 0 Å². The highest BCUT2D eigenvalue weighted by Gasteiger charge is 2.11. The molecule has 0 amide bonds. The molecule has 1 aliphatic heterocycles. The molecule has 1 fully saturated rings. The van der Waals surface area contributed by atoms with Crippen molar-refractivity contribution in [2.75, 3.05) is 26.2 Å². The number of aliphatic imine (C=N–C) groups is 1. The number of rotatable bonds is 4. The van der Waals surface area contributed by atoms with Gasteiger partial charge in [0, 0.05) is 13.1 Å². The minimum atomic E-state index is 0.274. The highest BCUT2D eigenvalue weighted by Crippen LogP contribution is 2.07. The molecule has 0 aromatic heterocycles. The van der Waals surface area contributed by atoms with Gasteiger partial charge in [0.1, 0.15) is 0 Å². The summed E-state index contributed by atoms with van der Waals surface area (Å²) < 4.78 is 5.40. The van der Waals surface area contributed by atoms with Crippen LogP contribution in [0.15, 0.2) is 4.99 Å². The highest BCUT2D eigenvalue weighted by atomic mass is 16.5. The molecule has 1 heterocycles. The molecule has 0 bridgehead atoms. The van der Waals surface area contributed by atoms with Crippen molar-refractivity contribution in [2.45, 2.75) is 39.2 Å². The zero-order valence-electron chi connectivity index (χ0n) is 9.91. The average molecular weight is 213 g/mol. The second-order valence-corrected chi connectivity index (χ2v) is 4.21. The SMILES string of the molecule is CC(C)OCCN=C(N)N1CCCCC1. The molecule has 0 atom stereocenters. The van der Waals surface area contributed by atoms with E-state index in [4.69, 9.17) is 10.5 Å². The van der Waals surface area contributed by atoms with Gasteiger partial charge >= 0.3 is 0 Å². The number of guanidine groups is 1. The minimum absolute atomic E-state index is 0.274. The molecule has 88 valence electrons. The summed E-state index contributed by atoms with van der Waals surface area (Å²) in [5, 5.41) is 0. The number of piperidine rings is 1. The minimum Gasteiger partial charge on any atom is -0.377 e. The first-order valence-electron chi connectivity index (χ1n) is 5.86. The number of nitrogens with two attached hydrogens (primary N) is 1. The van der Waals surface area contributed by atoms with Crippen LogP contribution in [0.5, 0.6) is 0 Å². The average Bonchev–Trinajstić information content (AvgIpc) is 2.25. The lowest BCUT2D eigenvalue weighted by atomic mass is 10.1. The van der Waals surface area contributed by atoms with Gasteiger partial charge in [0.2, 0.25) is 0 Å². The van der Waals surface area contributed by atoms with Crippen LogP contribution in [-0.2, 0) is 4.74 Å². The molecule has 0 unspecified atom stereocenters. The second-order valence-electron chi connectivity index (χ2n) is 4.21. The Morgan fingerprint density at radius 1 is 1.33 bits per heavy atom. The highest BCUT2D eigenvalue weighted by molar-refractivity contribution is 5.78. The number of nitrogens with zero attached hydrogens (tertiary/aromatic N) is 2. The van der Waals surface area contributed by atoms with Crippen molar-refractivity contribution in [1.29, 1.82) is 0 Å². The van der Waals surface area contributed by atoms with Crippen LogP contribution in [0.2, 0.25) is 0 Å². The first-order chi connectivity index (χ1) is 7.20. The van der Waals surface area contributed by atoms with Crippen molar-refractivity contribution < 1.29 is 4.74 Å². The lowest BCUT2D eigenvalue weighted by molar-refractivity contribution is 0.0852. The number of hydrogen-bond acceptors (Lipinski definition) is 2. The maximum absolute atomic E-state index is 5.89. The monoisotopic (exact) mass is 213 g/mol. The van der Waals surface area contributed by atoms with Crippen LogP contribution in [0.1, 0.15) is 33.1 Å². The summed E-state index contributed by atoms with van der Waals surface area (Å²) in [5.41, 5.74) is 5.89. The quantitative estimate of drug-likeness (QED) is 0.434. The van der Waals surface area contributed by atoms with Crippen molar-refractivity contribution in [3.05, 3.63) is 0 Å². The fourth-order valence-corrected chi connectivity index (χ4v) is 1.67. The molecule has 0 spiro atoms. The first kappa shape index (κ1) is 12.3. The molecular formula is C11H23N3O. The zero-order valence-corrected chi connectivity index (χ0v) is 9.91. The predicted octanol–water partition coefficient (Wildman–Crippen LogP) is 1.21. The van der Waals surface area contributed by atoms with Gasteiger partial charge in [-0.2, -0.15) is 0 Å². The Morgan fingerprint density at radius 2 is 2.00 bits per heavy atom. The predicted molar refractivity (Wildman–Crippen MR) is 63.0 cm³/mol. The summed E-state index contributed by atoms with van der Waals surface area (Å²) >= 11 is 0. The van der Waals surface area contributed by atoms with E-state index in [1.165, 1.54) is 19.3 Å². The molecule has 2 N–H and O–H groups in total. The van der Waals surface area contributed by atoms with Gasteiger partial charge in [-0.15, -0.1) is 0 Å². The molecular weight excluding hydrogens is 190 g/mol. The van der Waals surface area contributed by atoms with Crippen molar-refractivity contribution >= 4 is 5.96 Å². The molecule has 4 heteroatoms. The third-order valence-corrected chi connectivity index (χ3v) is 2.50. The Balaban J connectivity index is 2.19. The van der Waals surface area contributed by atoms with Crippen LogP contribution in [0, 0.1) is 0 Å². The van der Waals surface area contributed by atoms with Crippen molar-refractivity contribution in [1.82, 2.24) is 4.90 Å². The second kappa shape index (κ2) is 6.67. The Hall–Kier alpha value is -0.770. The number of ether oxygens (including phenoxy) is 1. The fraction of sp³-hybridized carbons (Fsp3) is 0.909. The van der Waals surface area contributed by atoms with Crippen molar-refractivity contribution in [3.8, 4) is 0 Å². The largest absolute Gasteiger partial charge is 0.377 e. The Morgan fingerprint density at radius 3 is 2.60 bits per heavy atom. The van der Waals surface area contributed by atoms with Gasteiger partial charge in [-0.05, 0) is 33.1 Å². The van der Waals surface area contributed by atoms with Crippen molar-refractivity contribution in [2.24, 2.45) is 10.7 Å². The molecule has 0 saturated carbocycles. The van der Waals surface area contributed by atoms with Gasteiger partial charge in [0.05, 0.1) is 19.3 Å². The van der Waals surface area contributed by atoms with Gasteiger partial charge in [0.25, 0.3) is 0 Å². The van der Waals surface area contributed by atoms with Crippen LogP contribution in [0.25, 0.3) is 0 Å². The smallest absolute Gasteiger partial charge is 0.191 e. The third kappa shape index (κ3) is 5.02. The molecule has 0 aromatic carbocycles. The van der Waals surface area contributed by atoms with Gasteiger partial charge in [-0.1, -0.05) is 0 Å². The maximum atomic E-state index is 5.89. The van der Waals surface area contributed by atoms with E-state index in [0.29, 0.717) is 19.1 Å². The fourth-order valence-electron chi connectivity index (χ4n) is 1.67. The maximum Gasteiger partial charge on any atom is 0.191 e. The summed E-state index contributed by atoms with van der Waals surface area (Å²) in [6, 6.07) is 0. The third-order valence-electron chi connectivity index (χ3n) is 2.50. The van der Waals surface area contributed by atoms with E-state index in [1.807, 2.05) is 13.8 Å². The molecule has 1 aliphatic rings. The Kier molecular flexibility index (Phi) is 5.47. The zero-order chi connectivity index (χ0) is 11.1. The molecule has 1 saturated heterocycles. The molecule has 1 rings (SSSR count). The lowest BCUT2D eigenvalue weighted by Gasteiger charge is -2.27. The number of hydrogen-bond donors (Lipinski definition) is 1. The summed E-state index contributed by atoms with van der Waals surface area (Å²) in [7, 11) is 0. The van der Waals surface area contributed by atoms with E-state index in [1.54, 1.807) is 0 Å². The molecule has 0 aliphatic carbocycles. The van der Waals surface area contributed by atoms with Crippen LogP contribution in [-0.4, -0.2) is 43.2 Å². The van der Waals surface area contributed by atoms with E-state index in [-0.39, 0.29) is 6.10 Å². The summed E-state index contributed by atoms with van der Waals surface area (Å²) in [4.78, 5) is 6.48. The summed E-state index contributed by atoms with van der Waals surface area (Å²) in [6.45, 7) is 7.49. The molecule has 15 heavy (non-hydrogen) atoms. The summed E-state index contributed by atoms with van der Waals surface area (Å²) in [5.74, 6) is 0.682. The van der Waals surface area contributed by atoms with Crippen LogP contribution < -0.4 is 5.73 Å². The molecule has 4 nitrogen and oxygen atoms in total. The van der Waals surface area contributed by atoms with Gasteiger partial charge < -0.3 is 15.4 Å². The normalized spacial score (nSPS) is 18.6. The van der Waals surface area contributed by atoms with Crippen molar-refractivity contribution in [3.63, 3.8) is 0 Å². The van der Waals surface area contributed by atoms with E-state index < -0.39 is 0 Å². The van der Waals surface area contributed by atoms with Gasteiger partial charge in [0.15, 0.2) is 5.96 Å². The first-order valence-corrected chi connectivity index (χ1v) is 5.86. The molecule has 0 aromatic rings. The van der Waals surface area contributed by atoms with E-state index in [9.17, 15) is 0 Å². The standard InChI is InChI=1S/C11H23N3O/c1-10(2)15-9-6-13-11(12)14-7-4-3-5-8-14/h10H,3-9H2,1-2H3,(H2,12,13). The Labute approximate surface area is 92.5 Å². The van der Waals surface area contributed by atoms with E-state index >= 15 is 0 Å². The number of likely N-dealkylation sites (tertiary alicyclic amines) is 1. The van der Waals surface area contributed by atoms with Crippen LogP contribution in [0.4, 0.5) is 0 Å². The van der Waals surface area contributed by atoms with Gasteiger partial charge in [-0.3, -0.25) is 4.99 Å². The van der Waals surface area contributed by atoms with E-state index in [0.717, 1.165) is 13.1 Å². The molecule has 0 radical (unpaired) electrons.